The van der Waals surface area contributed by atoms with Crippen molar-refractivity contribution in [3.63, 3.8) is 0 Å². The van der Waals surface area contributed by atoms with Gasteiger partial charge in [0, 0.05) is 10.9 Å². The van der Waals surface area contributed by atoms with Crippen molar-refractivity contribution < 1.29 is 9.21 Å². The normalized spacial score (nSPS) is 26.2. The molecule has 5 nitrogen and oxygen atoms in total. The molecule has 2 N–H and O–H groups in total. The number of pyridine rings is 1. The van der Waals surface area contributed by atoms with E-state index >= 15 is 0 Å². The second-order valence-electron chi connectivity index (χ2n) is 6.52. The van der Waals surface area contributed by atoms with Gasteiger partial charge in [-0.15, -0.1) is 0 Å². The standard InChI is InChI=1S/C17H21N3O2/c1-2-11-3-7-19-17(5-6-17)15(11)20-16(21)13-9-12-4-8-22-14(12)10-18-13/h4,8-11,15,19H,2-3,5-7H2,1H3,(H,20,21). The van der Waals surface area contributed by atoms with Crippen LogP contribution in [0.4, 0.5) is 0 Å². The second kappa shape index (κ2) is 5.09. The van der Waals surface area contributed by atoms with Gasteiger partial charge in [-0.2, -0.15) is 0 Å². The maximum Gasteiger partial charge on any atom is 0.270 e. The van der Waals surface area contributed by atoms with E-state index in [0.717, 1.165) is 37.6 Å². The maximum absolute atomic E-state index is 12.6. The molecule has 2 aromatic rings. The summed E-state index contributed by atoms with van der Waals surface area (Å²) in [5, 5.41) is 7.78. The Morgan fingerprint density at radius 1 is 1.55 bits per heavy atom. The molecule has 5 heteroatoms. The number of hydrogen-bond acceptors (Lipinski definition) is 4. The van der Waals surface area contributed by atoms with Crippen LogP contribution in [0.2, 0.25) is 0 Å². The largest absolute Gasteiger partial charge is 0.463 e. The first-order chi connectivity index (χ1) is 10.7. The topological polar surface area (TPSA) is 67.2 Å². The van der Waals surface area contributed by atoms with E-state index in [-0.39, 0.29) is 17.5 Å². The van der Waals surface area contributed by atoms with Crippen LogP contribution >= 0.6 is 0 Å². The van der Waals surface area contributed by atoms with Crippen molar-refractivity contribution in [3.05, 3.63) is 30.3 Å². The zero-order valence-corrected chi connectivity index (χ0v) is 12.8. The number of aromatic nitrogens is 1. The molecule has 0 aromatic carbocycles. The molecule has 4 rings (SSSR count). The minimum absolute atomic E-state index is 0.0819. The molecule has 2 aliphatic rings. The van der Waals surface area contributed by atoms with Crippen LogP contribution in [-0.2, 0) is 0 Å². The molecule has 1 aliphatic carbocycles. The number of carbonyl (C=O) groups excluding carboxylic acids is 1. The van der Waals surface area contributed by atoms with Gasteiger partial charge in [-0.05, 0) is 43.9 Å². The number of rotatable bonds is 3. The van der Waals surface area contributed by atoms with Crippen molar-refractivity contribution in [3.8, 4) is 0 Å². The molecule has 1 saturated carbocycles. The highest BCUT2D eigenvalue weighted by molar-refractivity contribution is 5.95. The summed E-state index contributed by atoms with van der Waals surface area (Å²) in [4.78, 5) is 16.9. The van der Waals surface area contributed by atoms with Gasteiger partial charge in [0.05, 0.1) is 18.5 Å². The predicted molar refractivity (Wildman–Crippen MR) is 83.6 cm³/mol. The molecule has 2 aromatic heterocycles. The number of nitrogens with zero attached hydrogens (tertiary/aromatic N) is 1. The summed E-state index contributed by atoms with van der Waals surface area (Å²) in [6.45, 7) is 3.27. The molecule has 1 spiro atoms. The lowest BCUT2D eigenvalue weighted by atomic mass is 9.83. The summed E-state index contributed by atoms with van der Waals surface area (Å²) in [7, 11) is 0. The zero-order chi connectivity index (χ0) is 15.2. The molecule has 2 fully saturated rings. The van der Waals surface area contributed by atoms with E-state index in [1.54, 1.807) is 18.5 Å². The van der Waals surface area contributed by atoms with Crippen molar-refractivity contribution in [1.82, 2.24) is 15.6 Å². The molecule has 116 valence electrons. The van der Waals surface area contributed by atoms with Crippen LogP contribution in [0.1, 0.15) is 43.1 Å². The Kier molecular flexibility index (Phi) is 3.18. The molecule has 1 aliphatic heterocycles. The quantitative estimate of drug-likeness (QED) is 0.913. The van der Waals surface area contributed by atoms with Gasteiger partial charge in [0.1, 0.15) is 5.69 Å². The summed E-state index contributed by atoms with van der Waals surface area (Å²) in [6, 6.07) is 3.86. The Bertz CT molecular complexity index is 705. The van der Waals surface area contributed by atoms with E-state index in [9.17, 15) is 4.79 Å². The lowest BCUT2D eigenvalue weighted by Gasteiger charge is -2.39. The van der Waals surface area contributed by atoms with Gasteiger partial charge in [-0.1, -0.05) is 13.3 Å². The third-order valence-electron chi connectivity index (χ3n) is 5.23. The Morgan fingerprint density at radius 3 is 3.18 bits per heavy atom. The van der Waals surface area contributed by atoms with Gasteiger partial charge in [-0.25, -0.2) is 4.98 Å². The number of piperidine rings is 1. The van der Waals surface area contributed by atoms with Crippen LogP contribution in [0.5, 0.6) is 0 Å². The highest BCUT2D eigenvalue weighted by atomic mass is 16.3. The average Bonchev–Trinajstić information content (AvgIpc) is 3.14. The maximum atomic E-state index is 12.6. The third kappa shape index (κ3) is 2.20. The van der Waals surface area contributed by atoms with Gasteiger partial charge in [0.15, 0.2) is 5.58 Å². The highest BCUT2D eigenvalue weighted by Crippen LogP contribution is 2.45. The van der Waals surface area contributed by atoms with Crippen molar-refractivity contribution in [2.24, 2.45) is 5.92 Å². The lowest BCUT2D eigenvalue weighted by molar-refractivity contribution is 0.0870. The van der Waals surface area contributed by atoms with Crippen LogP contribution in [0.3, 0.4) is 0 Å². The molecular formula is C17H21N3O2. The summed E-state index contributed by atoms with van der Waals surface area (Å²) in [5.41, 5.74) is 1.31. The molecule has 2 atom stereocenters. The first-order valence-electron chi connectivity index (χ1n) is 8.11. The Labute approximate surface area is 129 Å². The van der Waals surface area contributed by atoms with Gasteiger partial charge < -0.3 is 15.1 Å². The minimum Gasteiger partial charge on any atom is -0.463 e. The first-order valence-corrected chi connectivity index (χ1v) is 8.11. The number of carbonyl (C=O) groups is 1. The summed E-state index contributed by atoms with van der Waals surface area (Å²) in [6.07, 6.45) is 7.77. The molecule has 0 radical (unpaired) electrons. The number of hydrogen-bond donors (Lipinski definition) is 2. The summed E-state index contributed by atoms with van der Waals surface area (Å²) in [5.74, 6) is 0.465. The first kappa shape index (κ1) is 13.8. The molecule has 3 heterocycles. The van der Waals surface area contributed by atoms with E-state index in [4.69, 9.17) is 4.42 Å². The van der Waals surface area contributed by atoms with Gasteiger partial charge in [0.2, 0.25) is 0 Å². The Balaban J connectivity index is 1.57. The van der Waals surface area contributed by atoms with Crippen LogP contribution in [0.25, 0.3) is 11.0 Å². The van der Waals surface area contributed by atoms with Crippen LogP contribution in [0, 0.1) is 5.92 Å². The van der Waals surface area contributed by atoms with E-state index in [1.807, 2.05) is 6.07 Å². The zero-order valence-electron chi connectivity index (χ0n) is 12.8. The SMILES string of the molecule is CCC1CCNC2(CC2)C1NC(=O)c1cc2ccoc2cn1. The smallest absolute Gasteiger partial charge is 0.270 e. The van der Waals surface area contributed by atoms with Crippen molar-refractivity contribution >= 4 is 16.9 Å². The number of nitrogens with one attached hydrogen (secondary N) is 2. The van der Waals surface area contributed by atoms with Crippen LogP contribution in [0.15, 0.2) is 29.0 Å². The minimum atomic E-state index is -0.0819. The number of furan rings is 1. The van der Waals surface area contributed by atoms with Gasteiger partial charge in [-0.3, -0.25) is 4.79 Å². The molecular weight excluding hydrogens is 278 g/mol. The van der Waals surface area contributed by atoms with Crippen molar-refractivity contribution in [1.29, 1.82) is 0 Å². The molecule has 22 heavy (non-hydrogen) atoms. The average molecular weight is 299 g/mol. The number of amides is 1. The predicted octanol–water partition coefficient (Wildman–Crippen LogP) is 2.48. The third-order valence-corrected chi connectivity index (χ3v) is 5.23. The van der Waals surface area contributed by atoms with Crippen molar-refractivity contribution in [2.45, 2.75) is 44.2 Å². The molecule has 1 amide bonds. The second-order valence-corrected chi connectivity index (χ2v) is 6.52. The highest BCUT2D eigenvalue weighted by Gasteiger charge is 2.53. The van der Waals surface area contributed by atoms with Gasteiger partial charge in [0.25, 0.3) is 5.91 Å². The lowest BCUT2D eigenvalue weighted by Crippen LogP contribution is -2.59. The van der Waals surface area contributed by atoms with E-state index in [2.05, 4.69) is 22.5 Å². The van der Waals surface area contributed by atoms with E-state index in [1.165, 1.54) is 0 Å². The van der Waals surface area contributed by atoms with Crippen molar-refractivity contribution in [2.75, 3.05) is 6.54 Å². The number of fused-ring (bicyclic) bond motifs is 1. The Hall–Kier alpha value is -1.88. The fourth-order valence-electron chi connectivity index (χ4n) is 3.76. The fourth-order valence-corrected chi connectivity index (χ4v) is 3.76. The summed E-state index contributed by atoms with van der Waals surface area (Å²) < 4.78 is 5.28. The van der Waals surface area contributed by atoms with Gasteiger partial charge >= 0.3 is 0 Å². The molecule has 2 unspecified atom stereocenters. The van der Waals surface area contributed by atoms with E-state index < -0.39 is 0 Å². The molecule has 0 bridgehead atoms. The molecule has 1 saturated heterocycles. The van der Waals surface area contributed by atoms with Crippen LogP contribution < -0.4 is 10.6 Å². The monoisotopic (exact) mass is 299 g/mol. The Morgan fingerprint density at radius 2 is 2.41 bits per heavy atom. The van der Waals surface area contributed by atoms with E-state index in [0.29, 0.717) is 17.2 Å². The van der Waals surface area contributed by atoms with Crippen LogP contribution in [-0.4, -0.2) is 29.0 Å². The summed E-state index contributed by atoms with van der Waals surface area (Å²) >= 11 is 0. The fraction of sp³-hybridized carbons (Fsp3) is 0.529.